The third-order valence-corrected chi connectivity index (χ3v) is 6.04. The van der Waals surface area contributed by atoms with Crippen LogP contribution in [0, 0.1) is 0 Å². The number of methoxy groups -OCH3 is 1. The predicted octanol–water partition coefficient (Wildman–Crippen LogP) is 3.47. The van der Waals surface area contributed by atoms with E-state index >= 15 is 0 Å². The molecule has 1 fully saturated rings. The van der Waals surface area contributed by atoms with E-state index in [0.29, 0.717) is 27.2 Å². The zero-order valence-electron chi connectivity index (χ0n) is 16.4. The lowest BCUT2D eigenvalue weighted by molar-refractivity contribution is 0.137. The summed E-state index contributed by atoms with van der Waals surface area (Å²) in [4.78, 5) is 8.39. The van der Waals surface area contributed by atoms with Crippen molar-refractivity contribution in [2.24, 2.45) is 5.14 Å². The molecule has 0 amide bonds. The number of nitrogens with zero attached hydrogens (tertiary/aromatic N) is 3. The van der Waals surface area contributed by atoms with Gasteiger partial charge in [0.15, 0.2) is 5.75 Å². The van der Waals surface area contributed by atoms with E-state index in [9.17, 15) is 17.2 Å². The fourth-order valence-corrected chi connectivity index (χ4v) is 4.12. The van der Waals surface area contributed by atoms with E-state index in [1.165, 1.54) is 36.2 Å². The second kappa shape index (κ2) is 8.21. The number of ether oxygens (including phenoxy) is 2. The highest BCUT2D eigenvalue weighted by Crippen LogP contribution is 2.41. The summed E-state index contributed by atoms with van der Waals surface area (Å²) in [5.74, 6) is 0.456. The van der Waals surface area contributed by atoms with Crippen LogP contribution in [0.3, 0.4) is 0 Å². The smallest absolute Gasteiger partial charge is 0.240 e. The molecule has 2 heterocycles. The van der Waals surface area contributed by atoms with Crippen LogP contribution in [0.1, 0.15) is 24.8 Å². The fourth-order valence-electron chi connectivity index (χ4n) is 3.20. The van der Waals surface area contributed by atoms with Crippen LogP contribution >= 0.6 is 11.6 Å². The third kappa shape index (κ3) is 4.43. The summed E-state index contributed by atoms with van der Waals surface area (Å²) >= 11 is 6.36. The Balaban J connectivity index is 1.91. The SMILES string of the molecule is COc1nc(-n2cc(S(N)(=O)=O)c3ccc(Cl)c(OC4CC4)c32)ncc1CCC(F)F. The van der Waals surface area contributed by atoms with Gasteiger partial charge in [-0.2, -0.15) is 4.98 Å². The maximum absolute atomic E-state index is 12.6. The van der Waals surface area contributed by atoms with Crippen molar-refractivity contribution in [2.45, 2.75) is 43.1 Å². The van der Waals surface area contributed by atoms with Gasteiger partial charge in [0.05, 0.1) is 18.2 Å². The predicted molar refractivity (Wildman–Crippen MR) is 110 cm³/mol. The number of alkyl halides is 2. The van der Waals surface area contributed by atoms with Gasteiger partial charge in [-0.15, -0.1) is 0 Å². The van der Waals surface area contributed by atoms with Gasteiger partial charge in [0, 0.05) is 29.8 Å². The fraction of sp³-hybridized carbons (Fsp3) is 0.368. The highest BCUT2D eigenvalue weighted by Gasteiger charge is 2.29. The molecule has 1 saturated carbocycles. The molecule has 0 bridgehead atoms. The van der Waals surface area contributed by atoms with Crippen molar-refractivity contribution < 1.29 is 26.7 Å². The molecule has 31 heavy (non-hydrogen) atoms. The molecule has 1 aliphatic carbocycles. The van der Waals surface area contributed by atoms with Crippen LogP contribution in [0.15, 0.2) is 29.4 Å². The van der Waals surface area contributed by atoms with Crippen molar-refractivity contribution in [2.75, 3.05) is 7.11 Å². The van der Waals surface area contributed by atoms with Gasteiger partial charge >= 0.3 is 0 Å². The molecule has 0 aliphatic heterocycles. The summed E-state index contributed by atoms with van der Waals surface area (Å²) < 4.78 is 62.2. The summed E-state index contributed by atoms with van der Waals surface area (Å²) in [7, 11) is -2.73. The molecule has 8 nitrogen and oxygen atoms in total. The van der Waals surface area contributed by atoms with Crippen LogP contribution in [0.2, 0.25) is 5.02 Å². The Hall–Kier alpha value is -2.50. The Bertz CT molecular complexity index is 1250. The first kappa shape index (κ1) is 21.7. The number of aromatic nitrogens is 3. The molecule has 0 spiro atoms. The zero-order valence-corrected chi connectivity index (χ0v) is 18.0. The normalized spacial score (nSPS) is 14.4. The molecule has 166 valence electrons. The minimum Gasteiger partial charge on any atom is -0.487 e. The molecule has 1 aromatic carbocycles. The van der Waals surface area contributed by atoms with Gasteiger partial charge in [-0.05, 0) is 31.4 Å². The van der Waals surface area contributed by atoms with Crippen LogP contribution in [0.25, 0.3) is 16.9 Å². The van der Waals surface area contributed by atoms with Gasteiger partial charge < -0.3 is 9.47 Å². The Morgan fingerprint density at radius 2 is 2.10 bits per heavy atom. The van der Waals surface area contributed by atoms with E-state index < -0.39 is 16.4 Å². The Kier molecular flexibility index (Phi) is 5.75. The van der Waals surface area contributed by atoms with Gasteiger partial charge in [-0.1, -0.05) is 11.6 Å². The molecule has 2 aromatic heterocycles. The van der Waals surface area contributed by atoms with E-state index in [-0.39, 0.29) is 35.7 Å². The van der Waals surface area contributed by atoms with Gasteiger partial charge in [0.25, 0.3) is 0 Å². The Morgan fingerprint density at radius 3 is 2.71 bits per heavy atom. The van der Waals surface area contributed by atoms with Crippen molar-refractivity contribution in [3.63, 3.8) is 0 Å². The molecular formula is C19H19ClF2N4O4S. The van der Waals surface area contributed by atoms with Crippen molar-refractivity contribution in [3.8, 4) is 17.6 Å². The number of primary sulfonamides is 1. The largest absolute Gasteiger partial charge is 0.487 e. The van der Waals surface area contributed by atoms with Crippen LogP contribution in [-0.4, -0.2) is 42.6 Å². The van der Waals surface area contributed by atoms with Crippen LogP contribution in [0.5, 0.6) is 11.6 Å². The van der Waals surface area contributed by atoms with Crippen LogP contribution in [0.4, 0.5) is 8.78 Å². The van der Waals surface area contributed by atoms with Crippen molar-refractivity contribution in [3.05, 3.63) is 35.1 Å². The van der Waals surface area contributed by atoms with E-state index in [1.54, 1.807) is 0 Å². The maximum atomic E-state index is 12.6. The molecular weight excluding hydrogens is 454 g/mol. The lowest BCUT2D eigenvalue weighted by atomic mass is 10.2. The summed E-state index contributed by atoms with van der Waals surface area (Å²) in [6.45, 7) is 0. The van der Waals surface area contributed by atoms with E-state index in [1.807, 2.05) is 0 Å². The molecule has 1 aliphatic rings. The summed E-state index contributed by atoms with van der Waals surface area (Å²) in [6, 6.07) is 3.07. The number of hydrogen-bond donors (Lipinski definition) is 1. The third-order valence-electron chi connectivity index (χ3n) is 4.80. The molecule has 0 saturated heterocycles. The van der Waals surface area contributed by atoms with Crippen LogP contribution in [-0.2, 0) is 16.4 Å². The van der Waals surface area contributed by atoms with Gasteiger partial charge in [0.2, 0.25) is 28.3 Å². The van der Waals surface area contributed by atoms with Crippen molar-refractivity contribution >= 4 is 32.5 Å². The lowest BCUT2D eigenvalue weighted by Crippen LogP contribution is -2.11. The van der Waals surface area contributed by atoms with Gasteiger partial charge in [-0.25, -0.2) is 27.3 Å². The second-order valence-electron chi connectivity index (χ2n) is 7.13. The molecule has 0 unspecified atom stereocenters. The summed E-state index contributed by atoms with van der Waals surface area (Å²) in [5, 5.41) is 6.00. The minimum atomic E-state index is -4.09. The molecule has 3 aromatic rings. The number of fused-ring (bicyclic) bond motifs is 1. The van der Waals surface area contributed by atoms with Gasteiger partial charge in [-0.3, -0.25) is 4.57 Å². The Morgan fingerprint density at radius 1 is 1.35 bits per heavy atom. The molecule has 0 atom stereocenters. The zero-order chi connectivity index (χ0) is 22.3. The van der Waals surface area contributed by atoms with Crippen molar-refractivity contribution in [1.29, 1.82) is 0 Å². The number of rotatable bonds is 8. The van der Waals surface area contributed by atoms with E-state index in [0.717, 1.165) is 12.8 Å². The quantitative estimate of drug-likeness (QED) is 0.537. The average molecular weight is 473 g/mol. The van der Waals surface area contributed by atoms with E-state index in [4.69, 9.17) is 26.2 Å². The molecule has 0 radical (unpaired) electrons. The number of benzene rings is 1. The number of hydrogen-bond acceptors (Lipinski definition) is 6. The summed E-state index contributed by atoms with van der Waals surface area (Å²) in [5.41, 5.74) is 0.743. The Labute approximate surface area is 182 Å². The number of aryl methyl sites for hydroxylation is 1. The van der Waals surface area contributed by atoms with Gasteiger partial charge in [0.1, 0.15) is 10.4 Å². The molecule has 2 N–H and O–H groups in total. The first-order valence-electron chi connectivity index (χ1n) is 9.40. The first-order chi connectivity index (χ1) is 14.7. The van der Waals surface area contributed by atoms with E-state index in [2.05, 4.69) is 9.97 Å². The number of nitrogens with two attached hydrogens (primary N) is 1. The molecule has 12 heteroatoms. The topological polar surface area (TPSA) is 109 Å². The standard InChI is InChI=1S/C19H19ClF2N4O4S/c1-29-18-10(2-7-15(21)22)8-24-19(25-18)26-9-14(31(23,27)28)12-5-6-13(20)17(16(12)26)30-11-3-4-11/h5-6,8-9,11,15H,2-4,7H2,1H3,(H2,23,27,28). The first-order valence-corrected chi connectivity index (χ1v) is 11.3. The van der Waals surface area contributed by atoms with Crippen molar-refractivity contribution in [1.82, 2.24) is 14.5 Å². The number of halogens is 3. The minimum absolute atomic E-state index is 0.0171. The second-order valence-corrected chi connectivity index (χ2v) is 9.07. The number of sulfonamides is 1. The highest BCUT2D eigenvalue weighted by atomic mass is 35.5. The van der Waals surface area contributed by atoms with Crippen LogP contribution < -0.4 is 14.6 Å². The average Bonchev–Trinajstić information content (AvgIpc) is 3.44. The summed E-state index contributed by atoms with van der Waals surface area (Å²) in [6.07, 6.45) is 1.54. The highest BCUT2D eigenvalue weighted by molar-refractivity contribution is 7.89. The molecule has 4 rings (SSSR count). The maximum Gasteiger partial charge on any atom is 0.240 e. The monoisotopic (exact) mass is 472 g/mol. The lowest BCUT2D eigenvalue weighted by Gasteiger charge is -2.13.